The summed E-state index contributed by atoms with van der Waals surface area (Å²) < 4.78 is 5.04. The highest BCUT2D eigenvalue weighted by molar-refractivity contribution is 6.30. The molecule has 0 aliphatic heterocycles. The second-order valence-electron chi connectivity index (χ2n) is 4.85. The summed E-state index contributed by atoms with van der Waals surface area (Å²) in [6.45, 7) is 5.98. The second kappa shape index (κ2) is 6.25. The zero-order valence-electron chi connectivity index (χ0n) is 11.1. The lowest BCUT2D eigenvalue weighted by atomic mass is 9.87. The molecule has 2 rings (SSSR count). The van der Waals surface area contributed by atoms with Crippen molar-refractivity contribution in [3.8, 4) is 0 Å². The molecule has 0 fully saturated rings. The van der Waals surface area contributed by atoms with E-state index < -0.39 is 5.38 Å². The Morgan fingerprint density at radius 2 is 2.32 bits per heavy atom. The number of alkyl halides is 1. The first-order valence-electron chi connectivity index (χ1n) is 6.68. The Morgan fingerprint density at radius 1 is 1.58 bits per heavy atom. The van der Waals surface area contributed by atoms with Crippen molar-refractivity contribution in [2.24, 2.45) is 5.92 Å². The Morgan fingerprint density at radius 3 is 3.00 bits per heavy atom. The summed E-state index contributed by atoms with van der Waals surface area (Å²) in [6.07, 6.45) is 3.57. The summed E-state index contributed by atoms with van der Waals surface area (Å²) in [4.78, 5) is 11.9. The molecule has 0 N–H and O–H groups in total. The Labute approximate surface area is 119 Å². The first-order chi connectivity index (χ1) is 9.19. The van der Waals surface area contributed by atoms with Gasteiger partial charge in [-0.1, -0.05) is 30.3 Å². The van der Waals surface area contributed by atoms with E-state index >= 15 is 0 Å². The number of rotatable bonds is 5. The van der Waals surface area contributed by atoms with E-state index in [1.807, 2.05) is 18.2 Å². The first kappa shape index (κ1) is 14.1. The van der Waals surface area contributed by atoms with Crippen LogP contribution in [0.4, 0.5) is 0 Å². The van der Waals surface area contributed by atoms with Crippen molar-refractivity contribution in [2.75, 3.05) is 6.61 Å². The van der Waals surface area contributed by atoms with Gasteiger partial charge in [-0.25, -0.2) is 0 Å². The van der Waals surface area contributed by atoms with Crippen LogP contribution >= 0.6 is 11.6 Å². The molecule has 0 saturated heterocycles. The zero-order chi connectivity index (χ0) is 13.8. The highest BCUT2D eigenvalue weighted by atomic mass is 35.5. The van der Waals surface area contributed by atoms with Gasteiger partial charge in [0, 0.05) is 0 Å². The summed E-state index contributed by atoms with van der Waals surface area (Å²) in [6, 6.07) is 8.29. The second-order valence-corrected chi connectivity index (χ2v) is 5.32. The first-order valence-corrected chi connectivity index (χ1v) is 7.12. The van der Waals surface area contributed by atoms with Gasteiger partial charge in [-0.2, -0.15) is 0 Å². The Kier molecular flexibility index (Phi) is 4.65. The van der Waals surface area contributed by atoms with Crippen LogP contribution < -0.4 is 0 Å². The lowest BCUT2D eigenvalue weighted by Gasteiger charge is -2.22. The van der Waals surface area contributed by atoms with Crippen LogP contribution in [0.2, 0.25) is 0 Å². The molecule has 1 aliphatic rings. The number of carbonyl (C=O) groups excluding carboxylic acids is 1. The summed E-state index contributed by atoms with van der Waals surface area (Å²) in [5, 5.41) is -0.586. The quantitative estimate of drug-likeness (QED) is 0.466. The fraction of sp³-hybridized carbons (Fsp3) is 0.438. The van der Waals surface area contributed by atoms with Crippen LogP contribution in [-0.4, -0.2) is 18.0 Å². The van der Waals surface area contributed by atoms with Crippen LogP contribution in [-0.2, 0) is 16.0 Å². The SMILES string of the molecule is C=CCC1c2ccccc2CC1C(Cl)C(=O)OCC. The molecule has 1 aromatic rings. The summed E-state index contributed by atoms with van der Waals surface area (Å²) in [5.74, 6) is 0.0488. The van der Waals surface area contributed by atoms with Gasteiger partial charge in [-0.05, 0) is 42.7 Å². The van der Waals surface area contributed by atoms with Gasteiger partial charge in [-0.15, -0.1) is 18.2 Å². The van der Waals surface area contributed by atoms with Gasteiger partial charge in [0.1, 0.15) is 5.38 Å². The maximum atomic E-state index is 11.9. The molecule has 0 bridgehead atoms. The topological polar surface area (TPSA) is 26.3 Å². The van der Waals surface area contributed by atoms with Crippen LogP contribution in [0, 0.1) is 5.92 Å². The average Bonchev–Trinajstić information content (AvgIpc) is 2.78. The fourth-order valence-corrected chi connectivity index (χ4v) is 3.22. The number of fused-ring (bicyclic) bond motifs is 1. The van der Waals surface area contributed by atoms with Crippen molar-refractivity contribution >= 4 is 17.6 Å². The summed E-state index contributed by atoms with van der Waals surface area (Å²) in [5.41, 5.74) is 2.58. The lowest BCUT2D eigenvalue weighted by molar-refractivity contribution is -0.143. The van der Waals surface area contributed by atoms with Crippen LogP contribution in [0.25, 0.3) is 0 Å². The standard InChI is InChI=1S/C16H19ClO2/c1-3-7-13-12-9-6-5-8-11(12)10-14(13)15(17)16(18)19-4-2/h3,5-6,8-9,13-15H,1,4,7,10H2,2H3. The lowest BCUT2D eigenvalue weighted by Crippen LogP contribution is -2.29. The van der Waals surface area contributed by atoms with Crippen molar-refractivity contribution in [1.82, 2.24) is 0 Å². The van der Waals surface area contributed by atoms with Gasteiger partial charge in [0.2, 0.25) is 0 Å². The number of hydrogen-bond donors (Lipinski definition) is 0. The molecule has 3 heteroatoms. The van der Waals surface area contributed by atoms with Gasteiger partial charge >= 0.3 is 5.97 Å². The predicted octanol–water partition coefficient (Wildman–Crippen LogP) is 3.69. The highest BCUT2D eigenvalue weighted by Gasteiger charge is 2.39. The molecular formula is C16H19ClO2. The van der Waals surface area contributed by atoms with Crippen molar-refractivity contribution in [2.45, 2.75) is 31.1 Å². The highest BCUT2D eigenvalue weighted by Crippen LogP contribution is 2.43. The molecule has 0 heterocycles. The number of halogens is 1. The molecule has 0 aromatic heterocycles. The maximum Gasteiger partial charge on any atom is 0.324 e. The summed E-state index contributed by atoms with van der Waals surface area (Å²) in [7, 11) is 0. The van der Waals surface area contributed by atoms with Crippen LogP contribution in [0.15, 0.2) is 36.9 Å². The van der Waals surface area contributed by atoms with E-state index in [1.165, 1.54) is 11.1 Å². The van der Waals surface area contributed by atoms with Crippen molar-refractivity contribution in [1.29, 1.82) is 0 Å². The van der Waals surface area contributed by atoms with E-state index in [9.17, 15) is 4.79 Å². The van der Waals surface area contributed by atoms with E-state index in [0.29, 0.717) is 6.61 Å². The third-order valence-corrected chi connectivity index (χ3v) is 4.24. The van der Waals surface area contributed by atoms with Crippen molar-refractivity contribution < 1.29 is 9.53 Å². The number of hydrogen-bond acceptors (Lipinski definition) is 2. The molecule has 0 spiro atoms. The van der Waals surface area contributed by atoms with Gasteiger partial charge in [0.25, 0.3) is 0 Å². The molecule has 19 heavy (non-hydrogen) atoms. The molecule has 3 atom stereocenters. The third-order valence-electron chi connectivity index (χ3n) is 3.74. The van der Waals surface area contributed by atoms with Crippen LogP contribution in [0.5, 0.6) is 0 Å². The number of benzene rings is 1. The smallest absolute Gasteiger partial charge is 0.324 e. The fourth-order valence-electron chi connectivity index (χ4n) is 2.89. The van der Waals surface area contributed by atoms with Gasteiger partial charge < -0.3 is 4.74 Å². The molecule has 0 saturated carbocycles. The minimum Gasteiger partial charge on any atom is -0.465 e. The van der Waals surface area contributed by atoms with E-state index in [-0.39, 0.29) is 17.8 Å². The number of carbonyl (C=O) groups is 1. The Balaban J connectivity index is 2.22. The van der Waals surface area contributed by atoms with E-state index in [0.717, 1.165) is 12.8 Å². The third kappa shape index (κ3) is 2.84. The molecule has 0 amide bonds. The minimum atomic E-state index is -0.586. The Hall–Kier alpha value is -1.28. The number of esters is 1. The summed E-state index contributed by atoms with van der Waals surface area (Å²) >= 11 is 6.33. The van der Waals surface area contributed by atoms with E-state index in [1.54, 1.807) is 6.92 Å². The molecular weight excluding hydrogens is 260 g/mol. The molecule has 3 unspecified atom stereocenters. The van der Waals surface area contributed by atoms with E-state index in [4.69, 9.17) is 16.3 Å². The molecule has 1 aromatic carbocycles. The largest absolute Gasteiger partial charge is 0.465 e. The predicted molar refractivity (Wildman–Crippen MR) is 77.5 cm³/mol. The minimum absolute atomic E-state index is 0.0936. The zero-order valence-corrected chi connectivity index (χ0v) is 11.9. The van der Waals surface area contributed by atoms with Gasteiger partial charge in [-0.3, -0.25) is 4.79 Å². The van der Waals surface area contributed by atoms with E-state index in [2.05, 4.69) is 18.7 Å². The van der Waals surface area contributed by atoms with Crippen molar-refractivity contribution in [3.05, 3.63) is 48.0 Å². The molecule has 0 radical (unpaired) electrons. The monoisotopic (exact) mass is 278 g/mol. The van der Waals surface area contributed by atoms with Gasteiger partial charge in [0.05, 0.1) is 6.61 Å². The van der Waals surface area contributed by atoms with Crippen LogP contribution in [0.1, 0.15) is 30.4 Å². The van der Waals surface area contributed by atoms with Crippen molar-refractivity contribution in [3.63, 3.8) is 0 Å². The normalized spacial score (nSPS) is 22.6. The van der Waals surface area contributed by atoms with Gasteiger partial charge in [0.15, 0.2) is 0 Å². The Bertz CT molecular complexity index is 470. The number of allylic oxidation sites excluding steroid dienone is 1. The van der Waals surface area contributed by atoms with Crippen LogP contribution in [0.3, 0.4) is 0 Å². The molecule has 102 valence electrons. The molecule has 2 nitrogen and oxygen atoms in total. The number of ether oxygens (including phenoxy) is 1. The maximum absolute atomic E-state index is 11.9. The average molecular weight is 279 g/mol. The molecule has 1 aliphatic carbocycles.